The maximum absolute atomic E-state index is 13.3. The van der Waals surface area contributed by atoms with Gasteiger partial charge in [0, 0.05) is 31.1 Å². The number of fused-ring (bicyclic) bond motifs is 2. The van der Waals surface area contributed by atoms with Gasteiger partial charge in [0.05, 0.1) is 0 Å². The molecule has 28 heavy (non-hydrogen) atoms. The quantitative estimate of drug-likeness (QED) is 0.715. The Morgan fingerprint density at radius 1 is 1.11 bits per heavy atom. The summed E-state index contributed by atoms with van der Waals surface area (Å²) < 4.78 is 15.4. The van der Waals surface area contributed by atoms with Crippen LogP contribution in [0.5, 0.6) is 0 Å². The van der Waals surface area contributed by atoms with E-state index in [0.29, 0.717) is 30.3 Å². The van der Waals surface area contributed by atoms with Crippen molar-refractivity contribution in [1.29, 1.82) is 0 Å². The van der Waals surface area contributed by atoms with Crippen molar-refractivity contribution in [1.82, 2.24) is 30.0 Å². The molecule has 0 radical (unpaired) electrons. The molecule has 1 unspecified atom stereocenters. The minimum atomic E-state index is -0.265. The van der Waals surface area contributed by atoms with E-state index in [1.807, 2.05) is 0 Å². The van der Waals surface area contributed by atoms with Crippen LogP contribution >= 0.6 is 0 Å². The van der Waals surface area contributed by atoms with Crippen LogP contribution < -0.4 is 5.32 Å². The summed E-state index contributed by atoms with van der Waals surface area (Å²) in [4.78, 5) is 20.4. The first-order valence-electron chi connectivity index (χ1n) is 9.74. The van der Waals surface area contributed by atoms with E-state index >= 15 is 0 Å². The normalized spacial score (nSPS) is 19.3. The number of hydrogen-bond acceptors (Lipinski definition) is 4. The van der Waals surface area contributed by atoms with E-state index in [9.17, 15) is 9.18 Å². The lowest BCUT2D eigenvalue weighted by Crippen LogP contribution is -2.26. The molecule has 0 saturated heterocycles. The van der Waals surface area contributed by atoms with Crippen molar-refractivity contribution in [3.05, 3.63) is 52.9 Å². The zero-order chi connectivity index (χ0) is 19.1. The number of aryl methyl sites for hydroxylation is 1. The van der Waals surface area contributed by atoms with Gasteiger partial charge >= 0.3 is 0 Å². The zero-order valence-corrected chi connectivity index (χ0v) is 15.4. The second-order valence-corrected chi connectivity index (χ2v) is 7.48. The third kappa shape index (κ3) is 2.98. The third-order valence-electron chi connectivity index (χ3n) is 5.62. The van der Waals surface area contributed by atoms with Crippen LogP contribution in [0.4, 0.5) is 4.39 Å². The second kappa shape index (κ2) is 6.85. The molecule has 2 aromatic heterocycles. The van der Waals surface area contributed by atoms with E-state index in [1.165, 1.54) is 18.6 Å². The molecule has 5 rings (SSSR count). The number of halogens is 1. The molecule has 0 saturated carbocycles. The summed E-state index contributed by atoms with van der Waals surface area (Å²) in [6.45, 7) is 1.36. The van der Waals surface area contributed by atoms with E-state index in [4.69, 9.17) is 0 Å². The van der Waals surface area contributed by atoms with E-state index in [1.54, 1.807) is 12.1 Å². The first-order chi connectivity index (χ1) is 13.7. The van der Waals surface area contributed by atoms with Gasteiger partial charge in [-0.15, -0.1) is 10.2 Å². The summed E-state index contributed by atoms with van der Waals surface area (Å²) in [5, 5.41) is 11.6. The fourth-order valence-electron chi connectivity index (χ4n) is 4.10. The van der Waals surface area contributed by atoms with Gasteiger partial charge in [-0.25, -0.2) is 9.37 Å². The zero-order valence-electron chi connectivity index (χ0n) is 15.4. The van der Waals surface area contributed by atoms with Gasteiger partial charge in [-0.3, -0.25) is 4.79 Å². The Balaban J connectivity index is 1.50. The van der Waals surface area contributed by atoms with E-state index in [-0.39, 0.29) is 17.6 Å². The van der Waals surface area contributed by atoms with Gasteiger partial charge < -0.3 is 14.9 Å². The highest BCUT2D eigenvalue weighted by molar-refractivity contribution is 5.94. The molecule has 144 valence electrons. The van der Waals surface area contributed by atoms with Crippen molar-refractivity contribution in [2.24, 2.45) is 0 Å². The summed E-state index contributed by atoms with van der Waals surface area (Å²) in [7, 11) is 0. The number of carbonyl (C=O) groups excluding carboxylic acids is 1. The molecule has 1 atom stereocenters. The van der Waals surface area contributed by atoms with Gasteiger partial charge in [-0.05, 0) is 37.0 Å². The fraction of sp³-hybridized carbons (Fsp3) is 0.400. The molecule has 2 N–H and O–H groups in total. The van der Waals surface area contributed by atoms with Crippen LogP contribution in [0.1, 0.15) is 52.8 Å². The highest BCUT2D eigenvalue weighted by Gasteiger charge is 2.28. The molecular weight excluding hydrogens is 359 g/mol. The number of aromatic amines is 1. The fourth-order valence-corrected chi connectivity index (χ4v) is 4.10. The maximum atomic E-state index is 13.3. The largest absolute Gasteiger partial charge is 0.350 e. The molecule has 0 aliphatic carbocycles. The summed E-state index contributed by atoms with van der Waals surface area (Å²) in [5.41, 5.74) is 2.18. The van der Waals surface area contributed by atoms with Crippen molar-refractivity contribution >= 4 is 5.91 Å². The van der Waals surface area contributed by atoms with E-state index in [0.717, 1.165) is 42.9 Å². The van der Waals surface area contributed by atoms with E-state index in [2.05, 4.69) is 30.0 Å². The molecule has 1 aromatic carbocycles. The number of amides is 1. The predicted molar refractivity (Wildman–Crippen MR) is 100 cm³/mol. The number of H-pyrrole nitrogens is 1. The molecule has 0 spiro atoms. The lowest BCUT2D eigenvalue weighted by Gasteiger charge is -2.14. The van der Waals surface area contributed by atoms with Crippen LogP contribution in [0.25, 0.3) is 11.6 Å². The Bertz CT molecular complexity index is 1020. The van der Waals surface area contributed by atoms with Crippen molar-refractivity contribution in [3.8, 4) is 11.6 Å². The smallest absolute Gasteiger partial charge is 0.271 e. The SMILES string of the molecule is O=C1NCC(c2ccc(F)cc2)Cc2[nH]c(-c3nnc4n3CCCCC4)nc21. The van der Waals surface area contributed by atoms with Gasteiger partial charge in [-0.2, -0.15) is 0 Å². The lowest BCUT2D eigenvalue weighted by atomic mass is 9.94. The molecule has 4 heterocycles. The lowest BCUT2D eigenvalue weighted by molar-refractivity contribution is 0.0950. The molecule has 3 aromatic rings. The Morgan fingerprint density at radius 2 is 1.96 bits per heavy atom. The Hall–Kier alpha value is -3.03. The van der Waals surface area contributed by atoms with Gasteiger partial charge in [-0.1, -0.05) is 18.6 Å². The van der Waals surface area contributed by atoms with Crippen LogP contribution in [0.15, 0.2) is 24.3 Å². The summed E-state index contributed by atoms with van der Waals surface area (Å²) in [5.74, 6) is 1.84. The van der Waals surface area contributed by atoms with Gasteiger partial charge in [0.1, 0.15) is 17.3 Å². The second-order valence-electron chi connectivity index (χ2n) is 7.48. The van der Waals surface area contributed by atoms with Crippen molar-refractivity contribution < 1.29 is 9.18 Å². The summed E-state index contributed by atoms with van der Waals surface area (Å²) in [6, 6.07) is 6.44. The molecular formula is C20H21FN6O. The molecule has 7 nitrogen and oxygen atoms in total. The Labute approximate surface area is 161 Å². The highest BCUT2D eigenvalue weighted by atomic mass is 19.1. The van der Waals surface area contributed by atoms with Gasteiger partial charge in [0.2, 0.25) is 0 Å². The predicted octanol–water partition coefficient (Wildman–Crippen LogP) is 2.60. The number of nitrogens with one attached hydrogen (secondary N) is 2. The van der Waals surface area contributed by atoms with E-state index < -0.39 is 0 Å². The highest BCUT2D eigenvalue weighted by Crippen LogP contribution is 2.27. The number of benzene rings is 1. The van der Waals surface area contributed by atoms with Crippen LogP contribution in [0.3, 0.4) is 0 Å². The minimum Gasteiger partial charge on any atom is -0.350 e. The summed E-state index contributed by atoms with van der Waals surface area (Å²) in [6.07, 6.45) is 4.92. The van der Waals surface area contributed by atoms with Crippen LogP contribution in [-0.4, -0.2) is 37.2 Å². The number of aromatic nitrogens is 5. The van der Waals surface area contributed by atoms with Crippen molar-refractivity contribution in [2.45, 2.75) is 44.6 Å². The van der Waals surface area contributed by atoms with Gasteiger partial charge in [0.25, 0.3) is 5.91 Å². The average molecular weight is 380 g/mol. The first-order valence-corrected chi connectivity index (χ1v) is 9.74. The summed E-state index contributed by atoms with van der Waals surface area (Å²) >= 11 is 0. The van der Waals surface area contributed by atoms with Crippen LogP contribution in [-0.2, 0) is 19.4 Å². The molecule has 8 heteroatoms. The number of nitrogens with zero attached hydrogens (tertiary/aromatic N) is 4. The van der Waals surface area contributed by atoms with Gasteiger partial charge in [0.15, 0.2) is 11.6 Å². The topological polar surface area (TPSA) is 88.5 Å². The minimum absolute atomic E-state index is 0.0506. The molecule has 0 fully saturated rings. The first kappa shape index (κ1) is 17.1. The van der Waals surface area contributed by atoms with Crippen molar-refractivity contribution in [2.75, 3.05) is 6.54 Å². The molecule has 0 bridgehead atoms. The molecule has 2 aliphatic rings. The van der Waals surface area contributed by atoms with Crippen LogP contribution in [0.2, 0.25) is 0 Å². The van der Waals surface area contributed by atoms with Crippen LogP contribution in [0, 0.1) is 5.82 Å². The monoisotopic (exact) mass is 380 g/mol. The van der Waals surface area contributed by atoms with Crippen molar-refractivity contribution in [3.63, 3.8) is 0 Å². The molecule has 1 amide bonds. The number of imidazole rings is 1. The Morgan fingerprint density at radius 3 is 2.82 bits per heavy atom. The number of rotatable bonds is 2. The standard InChI is InChI=1S/C20H21FN6O/c21-14-7-5-12(6-8-14)13-10-15-17(20(28)22-11-13)24-18(23-15)19-26-25-16-4-2-1-3-9-27(16)19/h5-8,13H,1-4,9-11H2,(H,22,28)(H,23,24). The average Bonchev–Trinajstić information content (AvgIpc) is 3.17. The number of carbonyl (C=O) groups is 1. The molecule has 2 aliphatic heterocycles. The number of hydrogen-bond donors (Lipinski definition) is 2. The third-order valence-corrected chi connectivity index (χ3v) is 5.62. The maximum Gasteiger partial charge on any atom is 0.271 e. The Kier molecular flexibility index (Phi) is 4.18.